The largest absolute Gasteiger partial charge is 0.497 e. The molecule has 1 fully saturated rings. The Hall–Kier alpha value is -2.63. The van der Waals surface area contributed by atoms with Crippen LogP contribution in [0.3, 0.4) is 0 Å². The third-order valence-electron chi connectivity index (χ3n) is 4.88. The molecule has 1 aliphatic carbocycles. The summed E-state index contributed by atoms with van der Waals surface area (Å²) in [6.45, 7) is 0. The van der Waals surface area contributed by atoms with Gasteiger partial charge < -0.3 is 10.1 Å². The van der Waals surface area contributed by atoms with Crippen LogP contribution in [0, 0.1) is 0 Å². The number of benzene rings is 1. The lowest BCUT2D eigenvalue weighted by Gasteiger charge is -2.17. The van der Waals surface area contributed by atoms with Crippen molar-refractivity contribution in [3.8, 4) is 11.4 Å². The van der Waals surface area contributed by atoms with Crippen molar-refractivity contribution in [1.29, 1.82) is 0 Å². The van der Waals surface area contributed by atoms with Crippen molar-refractivity contribution >= 4 is 16.9 Å². The van der Waals surface area contributed by atoms with Gasteiger partial charge in [-0.15, -0.1) is 0 Å². The molecule has 0 radical (unpaired) electrons. The Morgan fingerprint density at radius 1 is 1.04 bits per heavy atom. The third-order valence-corrected chi connectivity index (χ3v) is 4.88. The molecule has 4 rings (SSSR count). The van der Waals surface area contributed by atoms with Crippen LogP contribution in [-0.2, 0) is 0 Å². The number of methoxy groups -OCH3 is 1. The normalized spacial score (nSPS) is 15.9. The number of fused-ring (bicyclic) bond motifs is 1. The van der Waals surface area contributed by atoms with Gasteiger partial charge in [0.15, 0.2) is 5.65 Å². The maximum atomic E-state index is 5.22. The molecule has 1 N–H and O–H groups in total. The molecule has 0 bridgehead atoms. The standard InChI is InChI=1S/C19H23N5O/c1-25-16-10-8-15(9-11-16)24-19-17(12-22-24)18(20-13-21-19)23-14-6-4-2-3-5-7-14/h8-14H,2-7H2,1H3,(H,20,21,23). The van der Waals surface area contributed by atoms with Crippen LogP contribution in [0.25, 0.3) is 16.7 Å². The summed E-state index contributed by atoms with van der Waals surface area (Å²) in [6, 6.07) is 8.30. The van der Waals surface area contributed by atoms with Crippen LogP contribution in [0.1, 0.15) is 38.5 Å². The fraction of sp³-hybridized carbons (Fsp3) is 0.421. The second-order valence-electron chi connectivity index (χ2n) is 6.55. The van der Waals surface area contributed by atoms with Gasteiger partial charge in [-0.2, -0.15) is 5.10 Å². The first-order chi connectivity index (χ1) is 12.3. The highest BCUT2D eigenvalue weighted by atomic mass is 16.5. The van der Waals surface area contributed by atoms with E-state index in [1.807, 2.05) is 35.1 Å². The minimum atomic E-state index is 0.491. The highest BCUT2D eigenvalue weighted by Crippen LogP contribution is 2.26. The SMILES string of the molecule is COc1ccc(-n2ncc3c(NC4CCCCCC4)ncnc32)cc1. The molecule has 0 unspecified atom stereocenters. The van der Waals surface area contributed by atoms with Crippen LogP contribution in [0.2, 0.25) is 0 Å². The average molecular weight is 337 g/mol. The molecule has 1 saturated carbocycles. The van der Waals surface area contributed by atoms with E-state index in [4.69, 9.17) is 4.74 Å². The van der Waals surface area contributed by atoms with Gasteiger partial charge in [0.2, 0.25) is 0 Å². The molecule has 2 aromatic heterocycles. The molecule has 130 valence electrons. The Morgan fingerprint density at radius 3 is 2.52 bits per heavy atom. The molecular formula is C19H23N5O. The Kier molecular flexibility index (Phi) is 4.50. The van der Waals surface area contributed by atoms with E-state index in [1.165, 1.54) is 38.5 Å². The van der Waals surface area contributed by atoms with Crippen LogP contribution in [0.15, 0.2) is 36.8 Å². The first kappa shape index (κ1) is 15.9. The van der Waals surface area contributed by atoms with E-state index in [2.05, 4.69) is 20.4 Å². The number of nitrogens with one attached hydrogen (secondary N) is 1. The first-order valence-corrected chi connectivity index (χ1v) is 8.95. The minimum Gasteiger partial charge on any atom is -0.497 e. The predicted molar refractivity (Wildman–Crippen MR) is 98.3 cm³/mol. The Bertz CT molecular complexity index is 835. The molecule has 0 saturated heterocycles. The van der Waals surface area contributed by atoms with E-state index >= 15 is 0 Å². The summed E-state index contributed by atoms with van der Waals surface area (Å²) in [5.41, 5.74) is 1.77. The Balaban J connectivity index is 1.65. The van der Waals surface area contributed by atoms with Gasteiger partial charge in [-0.3, -0.25) is 0 Å². The van der Waals surface area contributed by atoms with Crippen molar-refractivity contribution in [2.24, 2.45) is 0 Å². The van der Waals surface area contributed by atoms with Crippen LogP contribution >= 0.6 is 0 Å². The van der Waals surface area contributed by atoms with Gasteiger partial charge in [0, 0.05) is 6.04 Å². The lowest BCUT2D eigenvalue weighted by atomic mass is 10.1. The number of aromatic nitrogens is 4. The summed E-state index contributed by atoms with van der Waals surface area (Å²) in [5.74, 6) is 1.71. The lowest BCUT2D eigenvalue weighted by Crippen LogP contribution is -2.19. The van der Waals surface area contributed by atoms with E-state index in [0.29, 0.717) is 6.04 Å². The third kappa shape index (κ3) is 3.29. The maximum Gasteiger partial charge on any atom is 0.168 e. The molecule has 6 nitrogen and oxygen atoms in total. The van der Waals surface area contributed by atoms with Gasteiger partial charge in [0.05, 0.1) is 24.4 Å². The van der Waals surface area contributed by atoms with Gasteiger partial charge in [-0.05, 0) is 37.1 Å². The second-order valence-corrected chi connectivity index (χ2v) is 6.55. The topological polar surface area (TPSA) is 64.9 Å². The Morgan fingerprint density at radius 2 is 1.80 bits per heavy atom. The second kappa shape index (κ2) is 7.09. The molecule has 1 aromatic carbocycles. The summed E-state index contributed by atoms with van der Waals surface area (Å²) in [4.78, 5) is 8.92. The summed E-state index contributed by atoms with van der Waals surface area (Å²) in [7, 11) is 1.66. The summed E-state index contributed by atoms with van der Waals surface area (Å²) >= 11 is 0. The molecule has 0 aliphatic heterocycles. The quantitative estimate of drug-likeness (QED) is 0.730. The number of ether oxygens (including phenoxy) is 1. The molecule has 0 amide bonds. The molecule has 0 spiro atoms. The van der Waals surface area contributed by atoms with Gasteiger partial charge in [-0.25, -0.2) is 14.6 Å². The fourth-order valence-corrected chi connectivity index (χ4v) is 3.49. The van der Waals surface area contributed by atoms with Crippen molar-refractivity contribution in [3.63, 3.8) is 0 Å². The zero-order valence-electron chi connectivity index (χ0n) is 14.5. The lowest BCUT2D eigenvalue weighted by molar-refractivity contribution is 0.414. The first-order valence-electron chi connectivity index (χ1n) is 8.95. The van der Waals surface area contributed by atoms with Crippen molar-refractivity contribution in [1.82, 2.24) is 19.7 Å². The van der Waals surface area contributed by atoms with Crippen molar-refractivity contribution in [2.75, 3.05) is 12.4 Å². The molecule has 2 heterocycles. The van der Waals surface area contributed by atoms with Crippen molar-refractivity contribution in [2.45, 2.75) is 44.6 Å². The molecule has 0 atom stereocenters. The van der Waals surface area contributed by atoms with Gasteiger partial charge in [-0.1, -0.05) is 25.7 Å². The molecule has 25 heavy (non-hydrogen) atoms. The smallest absolute Gasteiger partial charge is 0.168 e. The van der Waals surface area contributed by atoms with Crippen molar-refractivity contribution < 1.29 is 4.74 Å². The number of rotatable bonds is 4. The number of hydrogen-bond donors (Lipinski definition) is 1. The van der Waals surface area contributed by atoms with Crippen LogP contribution in [0.5, 0.6) is 5.75 Å². The van der Waals surface area contributed by atoms with Crippen LogP contribution in [-0.4, -0.2) is 32.9 Å². The van der Waals surface area contributed by atoms with Crippen molar-refractivity contribution in [3.05, 3.63) is 36.8 Å². The molecular weight excluding hydrogens is 314 g/mol. The number of hydrogen-bond acceptors (Lipinski definition) is 5. The van der Waals surface area contributed by atoms with E-state index in [-0.39, 0.29) is 0 Å². The monoisotopic (exact) mass is 337 g/mol. The number of anilines is 1. The molecule has 1 aliphatic rings. The van der Waals surface area contributed by atoms with E-state index < -0.39 is 0 Å². The van der Waals surface area contributed by atoms with Gasteiger partial charge in [0.1, 0.15) is 17.9 Å². The van der Waals surface area contributed by atoms with Crippen LogP contribution in [0.4, 0.5) is 5.82 Å². The number of nitrogens with zero attached hydrogens (tertiary/aromatic N) is 4. The highest BCUT2D eigenvalue weighted by molar-refractivity contribution is 5.87. The van der Waals surface area contributed by atoms with Crippen LogP contribution < -0.4 is 10.1 Å². The fourth-order valence-electron chi connectivity index (χ4n) is 3.49. The van der Waals surface area contributed by atoms with E-state index in [9.17, 15) is 0 Å². The van der Waals surface area contributed by atoms with E-state index in [1.54, 1.807) is 13.4 Å². The van der Waals surface area contributed by atoms with Gasteiger partial charge >= 0.3 is 0 Å². The summed E-state index contributed by atoms with van der Waals surface area (Å²) in [6.07, 6.45) is 11.1. The summed E-state index contributed by atoms with van der Waals surface area (Å²) in [5, 5.41) is 9.11. The van der Waals surface area contributed by atoms with Gasteiger partial charge in [0.25, 0.3) is 0 Å². The predicted octanol–water partition coefficient (Wildman–Crippen LogP) is 3.96. The zero-order valence-corrected chi connectivity index (χ0v) is 14.5. The average Bonchev–Trinajstić information content (AvgIpc) is 2.93. The molecule has 6 heteroatoms. The summed E-state index contributed by atoms with van der Waals surface area (Å²) < 4.78 is 7.06. The maximum absolute atomic E-state index is 5.22. The Labute approximate surface area is 147 Å². The zero-order chi connectivity index (χ0) is 17.1. The highest BCUT2D eigenvalue weighted by Gasteiger charge is 2.16. The minimum absolute atomic E-state index is 0.491. The molecule has 3 aromatic rings. The van der Waals surface area contributed by atoms with E-state index in [0.717, 1.165) is 28.3 Å².